The molecular weight excluding hydrogens is 510 g/mol. The molecule has 0 spiro atoms. The number of aliphatic hydroxyl groups excluding tert-OH is 1. The van der Waals surface area contributed by atoms with E-state index in [1.807, 2.05) is 0 Å². The first-order valence-corrected chi connectivity index (χ1v) is 14.3. The molecule has 10 heteroatoms. The van der Waals surface area contributed by atoms with Crippen LogP contribution in [0.25, 0.3) is 0 Å². The number of aliphatic hydroxyl groups is 1. The molecule has 5 saturated carbocycles. The second-order valence-electron chi connectivity index (χ2n) is 11.9. The van der Waals surface area contributed by atoms with Crippen LogP contribution in [0.3, 0.4) is 0 Å². The molecule has 5 aliphatic rings. The van der Waals surface area contributed by atoms with E-state index in [0.29, 0.717) is 44.9 Å². The fraction of sp³-hybridized carbons (Fsp3) is 0.923. The van der Waals surface area contributed by atoms with Gasteiger partial charge in [0.2, 0.25) is 5.91 Å². The highest BCUT2D eigenvalue weighted by atomic mass is 35.5. The van der Waals surface area contributed by atoms with Gasteiger partial charge in [-0.25, -0.2) is 4.39 Å². The normalized spacial score (nSPS) is 41.1. The highest BCUT2D eigenvalue weighted by Gasteiger charge is 2.56. The van der Waals surface area contributed by atoms with Gasteiger partial charge in [0, 0.05) is 17.3 Å². The predicted octanol–water partition coefficient (Wildman–Crippen LogP) is 3.89. The van der Waals surface area contributed by atoms with Crippen LogP contribution in [0.15, 0.2) is 0 Å². The number of hydrogen-bond acceptors (Lipinski definition) is 5. The Balaban J connectivity index is 1.26. The van der Waals surface area contributed by atoms with Crippen LogP contribution in [0, 0.1) is 0 Å². The first-order valence-electron chi connectivity index (χ1n) is 13.5. The summed E-state index contributed by atoms with van der Waals surface area (Å²) in [4.78, 5) is 25.9. The maximum atomic E-state index is 13.8. The lowest BCUT2D eigenvalue weighted by atomic mass is 9.59. The van der Waals surface area contributed by atoms with Crippen molar-refractivity contribution in [1.82, 2.24) is 10.6 Å². The Kier molecular flexibility index (Phi) is 8.82. The van der Waals surface area contributed by atoms with E-state index in [1.165, 1.54) is 0 Å². The molecule has 0 heterocycles. The molecule has 2 amide bonds. The molecule has 5 fully saturated rings. The molecule has 0 aromatic carbocycles. The molecule has 0 aromatic heterocycles. The van der Waals surface area contributed by atoms with E-state index < -0.39 is 34.3 Å². The summed E-state index contributed by atoms with van der Waals surface area (Å²) in [5.74, 6) is -0.482. The molecule has 3 N–H and O–H groups in total. The zero-order valence-corrected chi connectivity index (χ0v) is 22.9. The van der Waals surface area contributed by atoms with E-state index in [2.05, 4.69) is 10.6 Å². The molecule has 5 aliphatic carbocycles. The summed E-state index contributed by atoms with van der Waals surface area (Å²) in [6.45, 7) is 3.42. The molecule has 4 atom stereocenters. The Hall–Kier alpha value is -0.670. The Bertz CT molecular complexity index is 799. The minimum atomic E-state index is -1.11. The van der Waals surface area contributed by atoms with Crippen molar-refractivity contribution in [3.8, 4) is 0 Å². The average Bonchev–Trinajstić information content (AvgIpc) is 2.82. The molecule has 206 valence electrons. The van der Waals surface area contributed by atoms with Gasteiger partial charge in [-0.3, -0.25) is 9.59 Å². The van der Waals surface area contributed by atoms with Gasteiger partial charge in [-0.2, -0.15) is 0 Å². The number of alkyl halides is 3. The number of hydrogen-bond donors (Lipinski definition) is 3. The van der Waals surface area contributed by atoms with Crippen LogP contribution in [-0.4, -0.2) is 75.4 Å². The van der Waals surface area contributed by atoms with Gasteiger partial charge in [-0.1, -0.05) is 0 Å². The molecule has 2 bridgehead atoms. The van der Waals surface area contributed by atoms with Gasteiger partial charge in [0.1, 0.15) is 18.4 Å². The largest absolute Gasteiger partial charge is 0.391 e. The average molecular weight is 552 g/mol. The third-order valence-corrected chi connectivity index (χ3v) is 9.72. The number of fused-ring (bicyclic) bond motifs is 3. The molecule has 5 rings (SSSR count). The third kappa shape index (κ3) is 6.48. The number of rotatable bonds is 8. The molecule has 3 unspecified atom stereocenters. The van der Waals surface area contributed by atoms with Gasteiger partial charge in [0.05, 0.1) is 29.2 Å². The Labute approximate surface area is 223 Å². The van der Waals surface area contributed by atoms with Crippen LogP contribution in [0.4, 0.5) is 4.39 Å². The molecule has 0 radical (unpaired) electrons. The van der Waals surface area contributed by atoms with Crippen molar-refractivity contribution in [1.29, 1.82) is 0 Å². The molecule has 0 aromatic rings. The van der Waals surface area contributed by atoms with Crippen LogP contribution in [0.5, 0.6) is 0 Å². The minimum absolute atomic E-state index is 0.00623. The number of halogens is 3. The van der Waals surface area contributed by atoms with Crippen molar-refractivity contribution in [3.63, 3.8) is 0 Å². The van der Waals surface area contributed by atoms with Gasteiger partial charge in [0.25, 0.3) is 5.91 Å². The number of carbonyl (C=O) groups excluding carboxylic acids is 2. The summed E-state index contributed by atoms with van der Waals surface area (Å²) in [7, 11) is 0. The van der Waals surface area contributed by atoms with Gasteiger partial charge in [-0.05, 0) is 84.5 Å². The summed E-state index contributed by atoms with van der Waals surface area (Å²) >= 11 is 12.1. The molecule has 0 aliphatic heterocycles. The van der Waals surface area contributed by atoms with E-state index in [9.17, 15) is 19.1 Å². The van der Waals surface area contributed by atoms with Crippen molar-refractivity contribution in [2.75, 3.05) is 6.61 Å². The molecular formula is C26H41Cl2FN2O5. The predicted molar refractivity (Wildman–Crippen MR) is 136 cm³/mol. The monoisotopic (exact) mass is 550 g/mol. The Morgan fingerprint density at radius 3 is 2.25 bits per heavy atom. The Morgan fingerprint density at radius 1 is 1.00 bits per heavy atom. The van der Waals surface area contributed by atoms with Crippen molar-refractivity contribution in [3.05, 3.63) is 0 Å². The SMILES string of the molecule is CC(C)(OC1CCC(Cl)CC1)C(=O)NC12CCC(NC(=O)COC3CCC(Cl)C(F)C3)(CC1)C[C@@H]2O. The van der Waals surface area contributed by atoms with Crippen molar-refractivity contribution in [2.24, 2.45) is 0 Å². The third-order valence-electron chi connectivity index (χ3n) is 8.80. The smallest absolute Gasteiger partial charge is 0.252 e. The maximum absolute atomic E-state index is 13.8. The van der Waals surface area contributed by atoms with Gasteiger partial charge >= 0.3 is 0 Å². The lowest BCUT2D eigenvalue weighted by Crippen LogP contribution is -2.71. The highest BCUT2D eigenvalue weighted by Crippen LogP contribution is 2.47. The number of nitrogens with one attached hydrogen (secondary N) is 2. The highest BCUT2D eigenvalue weighted by molar-refractivity contribution is 6.21. The van der Waals surface area contributed by atoms with Crippen molar-refractivity contribution < 1.29 is 28.6 Å². The van der Waals surface area contributed by atoms with Gasteiger partial charge in [0.15, 0.2) is 0 Å². The topological polar surface area (TPSA) is 96.9 Å². The standard InChI is InChI=1S/C26H41Cl2FN2O5/c1-24(2,36-17-5-3-16(27)4-6-17)23(34)31-26-11-9-25(10-12-26,14-21(26)32)30-22(33)15-35-18-7-8-19(28)20(29)13-18/h16-21,32H,3-15H2,1-2H3,(H,30,33)(H,31,34)/t16?,17?,18?,19?,20?,21-,25?,26?/m0/s1. The molecule has 0 saturated heterocycles. The summed E-state index contributed by atoms with van der Waals surface area (Å²) in [5, 5.41) is 17.0. The number of carbonyl (C=O) groups is 2. The van der Waals surface area contributed by atoms with Gasteiger partial charge in [-0.15, -0.1) is 23.2 Å². The lowest BCUT2D eigenvalue weighted by molar-refractivity contribution is -0.160. The minimum Gasteiger partial charge on any atom is -0.391 e. The van der Waals surface area contributed by atoms with Crippen LogP contribution >= 0.6 is 23.2 Å². The fourth-order valence-electron chi connectivity index (χ4n) is 6.37. The second kappa shape index (κ2) is 11.2. The van der Waals surface area contributed by atoms with E-state index >= 15 is 0 Å². The van der Waals surface area contributed by atoms with Crippen molar-refractivity contribution in [2.45, 2.75) is 143 Å². The zero-order valence-electron chi connectivity index (χ0n) is 21.4. The second-order valence-corrected chi connectivity index (χ2v) is 13.1. The summed E-state index contributed by atoms with van der Waals surface area (Å²) < 4.78 is 25.7. The first-order chi connectivity index (χ1) is 16.9. The first kappa shape index (κ1) is 28.3. The van der Waals surface area contributed by atoms with Gasteiger partial charge < -0.3 is 25.2 Å². The van der Waals surface area contributed by atoms with E-state index in [-0.39, 0.29) is 42.4 Å². The van der Waals surface area contributed by atoms with Crippen LogP contribution in [0.2, 0.25) is 0 Å². The van der Waals surface area contributed by atoms with E-state index in [4.69, 9.17) is 32.7 Å². The lowest BCUT2D eigenvalue weighted by Gasteiger charge is -2.56. The summed E-state index contributed by atoms with van der Waals surface area (Å²) in [6, 6.07) is 0. The Morgan fingerprint density at radius 2 is 1.64 bits per heavy atom. The molecule has 7 nitrogen and oxygen atoms in total. The summed E-state index contributed by atoms with van der Waals surface area (Å²) in [5.41, 5.74) is -2.25. The number of amides is 2. The quantitative estimate of drug-likeness (QED) is 0.398. The zero-order chi connectivity index (χ0) is 26.1. The van der Waals surface area contributed by atoms with Crippen molar-refractivity contribution >= 4 is 35.0 Å². The molecule has 36 heavy (non-hydrogen) atoms. The van der Waals surface area contributed by atoms with Crippen LogP contribution < -0.4 is 10.6 Å². The number of ether oxygens (including phenoxy) is 2. The van der Waals surface area contributed by atoms with Crippen LogP contribution in [0.1, 0.15) is 90.9 Å². The maximum Gasteiger partial charge on any atom is 0.252 e. The van der Waals surface area contributed by atoms with Crippen LogP contribution in [-0.2, 0) is 19.1 Å². The van der Waals surface area contributed by atoms with E-state index in [0.717, 1.165) is 25.7 Å². The summed E-state index contributed by atoms with van der Waals surface area (Å²) in [6.07, 6.45) is 5.45. The van der Waals surface area contributed by atoms with E-state index in [1.54, 1.807) is 13.8 Å². The fourth-order valence-corrected chi connectivity index (χ4v) is 6.85.